The normalized spacial score (nSPS) is 18.3. The van der Waals surface area contributed by atoms with Crippen LogP contribution in [0.5, 0.6) is 0 Å². The van der Waals surface area contributed by atoms with E-state index in [1.807, 2.05) is 84.9 Å². The molecule has 2 heterocycles. The SMILES string of the molecule is O=C(Nc1nc2ccccc2s1)C1C(c2ccccc2)=NOC1c1ccccc1. The van der Waals surface area contributed by atoms with Crippen LogP contribution in [0.25, 0.3) is 10.2 Å². The Morgan fingerprint density at radius 1 is 0.897 bits per heavy atom. The molecule has 4 aromatic rings. The molecule has 142 valence electrons. The Morgan fingerprint density at radius 2 is 1.59 bits per heavy atom. The molecule has 1 aromatic heterocycles. The second-order valence-corrected chi connectivity index (χ2v) is 7.76. The quantitative estimate of drug-likeness (QED) is 0.524. The third-order valence-electron chi connectivity index (χ3n) is 4.87. The molecule has 1 aliphatic heterocycles. The predicted molar refractivity (Wildman–Crippen MR) is 115 cm³/mol. The van der Waals surface area contributed by atoms with Crippen molar-refractivity contribution >= 4 is 38.3 Å². The van der Waals surface area contributed by atoms with Gasteiger partial charge in [-0.3, -0.25) is 4.79 Å². The number of hydrogen-bond donors (Lipinski definition) is 1. The minimum atomic E-state index is -0.577. The zero-order valence-electron chi connectivity index (χ0n) is 15.4. The van der Waals surface area contributed by atoms with Crippen LogP contribution in [0.15, 0.2) is 90.1 Å². The minimum Gasteiger partial charge on any atom is -0.386 e. The van der Waals surface area contributed by atoms with Gasteiger partial charge >= 0.3 is 0 Å². The van der Waals surface area contributed by atoms with Gasteiger partial charge in [0.1, 0.15) is 11.6 Å². The van der Waals surface area contributed by atoms with Crippen molar-refractivity contribution in [1.29, 1.82) is 0 Å². The van der Waals surface area contributed by atoms with Crippen molar-refractivity contribution in [3.63, 3.8) is 0 Å². The number of nitrogens with zero attached hydrogens (tertiary/aromatic N) is 2. The van der Waals surface area contributed by atoms with E-state index in [0.29, 0.717) is 10.8 Å². The average molecular weight is 399 g/mol. The lowest BCUT2D eigenvalue weighted by Gasteiger charge is -2.18. The Morgan fingerprint density at radius 3 is 2.34 bits per heavy atom. The van der Waals surface area contributed by atoms with Crippen molar-refractivity contribution in [2.45, 2.75) is 6.10 Å². The minimum absolute atomic E-state index is 0.182. The van der Waals surface area contributed by atoms with Crippen molar-refractivity contribution in [2.24, 2.45) is 11.1 Å². The number of aromatic nitrogens is 1. The van der Waals surface area contributed by atoms with Gasteiger partial charge in [0.25, 0.3) is 0 Å². The summed E-state index contributed by atoms with van der Waals surface area (Å²) in [6.07, 6.45) is -0.485. The number of carbonyl (C=O) groups is 1. The summed E-state index contributed by atoms with van der Waals surface area (Å²) in [6, 6.07) is 27.2. The second kappa shape index (κ2) is 7.48. The zero-order chi connectivity index (χ0) is 19.6. The summed E-state index contributed by atoms with van der Waals surface area (Å²) in [7, 11) is 0. The van der Waals surface area contributed by atoms with Gasteiger partial charge < -0.3 is 10.2 Å². The zero-order valence-corrected chi connectivity index (χ0v) is 16.2. The maximum atomic E-state index is 13.4. The highest BCUT2D eigenvalue weighted by atomic mass is 32.1. The lowest BCUT2D eigenvalue weighted by Crippen LogP contribution is -2.32. The number of hydrogen-bond acceptors (Lipinski definition) is 5. The van der Waals surface area contributed by atoms with E-state index in [1.54, 1.807) is 0 Å². The number of amides is 1. The van der Waals surface area contributed by atoms with E-state index in [2.05, 4.69) is 15.5 Å². The lowest BCUT2D eigenvalue weighted by molar-refractivity contribution is -0.120. The van der Waals surface area contributed by atoms with Crippen LogP contribution in [0.4, 0.5) is 5.13 Å². The molecule has 0 fully saturated rings. The van der Waals surface area contributed by atoms with Gasteiger partial charge in [0.15, 0.2) is 11.2 Å². The number of carbonyl (C=O) groups excluding carboxylic acids is 1. The summed E-state index contributed by atoms with van der Waals surface area (Å²) in [5.74, 6) is -0.759. The number of fused-ring (bicyclic) bond motifs is 1. The Hall–Kier alpha value is -3.51. The number of rotatable bonds is 4. The van der Waals surface area contributed by atoms with E-state index in [-0.39, 0.29) is 5.91 Å². The molecule has 0 aliphatic carbocycles. The van der Waals surface area contributed by atoms with Gasteiger partial charge in [-0.15, -0.1) is 0 Å². The fourth-order valence-electron chi connectivity index (χ4n) is 3.48. The maximum Gasteiger partial charge on any atom is 0.239 e. The van der Waals surface area contributed by atoms with Crippen molar-refractivity contribution in [3.05, 3.63) is 96.1 Å². The molecule has 6 heteroatoms. The summed E-state index contributed by atoms with van der Waals surface area (Å²) in [6.45, 7) is 0. The molecule has 0 spiro atoms. The first-order valence-electron chi connectivity index (χ1n) is 9.30. The Labute approximate surface area is 171 Å². The van der Waals surface area contributed by atoms with E-state index in [1.165, 1.54) is 11.3 Å². The molecule has 0 saturated heterocycles. The molecule has 1 N–H and O–H groups in total. The monoisotopic (exact) mass is 399 g/mol. The highest BCUT2D eigenvalue weighted by Crippen LogP contribution is 2.36. The number of thiazole rings is 1. The first-order valence-corrected chi connectivity index (χ1v) is 10.1. The molecule has 1 amide bonds. The highest BCUT2D eigenvalue weighted by Gasteiger charge is 2.41. The molecule has 5 nitrogen and oxygen atoms in total. The van der Waals surface area contributed by atoms with E-state index in [0.717, 1.165) is 21.3 Å². The van der Waals surface area contributed by atoms with E-state index >= 15 is 0 Å². The van der Waals surface area contributed by atoms with Crippen molar-refractivity contribution in [1.82, 2.24) is 4.98 Å². The molecule has 3 aromatic carbocycles. The molecular formula is C23H17N3O2S. The topological polar surface area (TPSA) is 63.6 Å². The van der Waals surface area contributed by atoms with Gasteiger partial charge in [-0.25, -0.2) is 4.98 Å². The third-order valence-corrected chi connectivity index (χ3v) is 5.82. The fourth-order valence-corrected chi connectivity index (χ4v) is 4.35. The maximum absolute atomic E-state index is 13.4. The van der Waals surface area contributed by atoms with E-state index in [4.69, 9.17) is 4.84 Å². The van der Waals surface area contributed by atoms with Crippen LogP contribution >= 0.6 is 11.3 Å². The van der Waals surface area contributed by atoms with Crippen LogP contribution in [0.2, 0.25) is 0 Å². The third kappa shape index (κ3) is 3.39. The van der Waals surface area contributed by atoms with Crippen LogP contribution < -0.4 is 5.32 Å². The average Bonchev–Trinajstić information content (AvgIpc) is 3.39. The van der Waals surface area contributed by atoms with Crippen LogP contribution in [-0.4, -0.2) is 16.6 Å². The van der Waals surface area contributed by atoms with Gasteiger partial charge in [-0.1, -0.05) is 89.3 Å². The summed E-state index contributed by atoms with van der Waals surface area (Å²) in [5, 5.41) is 7.84. The standard InChI is InChI=1S/C23H17N3O2S/c27-22(25-23-24-17-13-7-8-14-18(17)29-23)19-20(15-9-3-1-4-10-15)26-28-21(19)16-11-5-2-6-12-16/h1-14,19,21H,(H,24,25,27). The van der Waals surface area contributed by atoms with Gasteiger partial charge in [-0.05, 0) is 17.7 Å². The summed E-state index contributed by atoms with van der Waals surface area (Å²) in [4.78, 5) is 23.6. The van der Waals surface area contributed by atoms with Crippen molar-refractivity contribution in [3.8, 4) is 0 Å². The Bertz CT molecular complexity index is 1160. The summed E-state index contributed by atoms with van der Waals surface area (Å²) in [5.41, 5.74) is 3.27. The second-order valence-electron chi connectivity index (χ2n) is 6.73. The van der Waals surface area contributed by atoms with Crippen LogP contribution in [0, 0.1) is 5.92 Å². The predicted octanol–water partition coefficient (Wildman–Crippen LogP) is 5.03. The van der Waals surface area contributed by atoms with Gasteiger partial charge in [0, 0.05) is 5.56 Å². The molecule has 2 atom stereocenters. The molecule has 5 rings (SSSR count). The van der Waals surface area contributed by atoms with Gasteiger partial charge in [-0.2, -0.15) is 0 Å². The van der Waals surface area contributed by atoms with Crippen molar-refractivity contribution < 1.29 is 9.63 Å². The summed E-state index contributed by atoms with van der Waals surface area (Å²) >= 11 is 1.45. The molecule has 0 bridgehead atoms. The van der Waals surface area contributed by atoms with Crippen LogP contribution in [0.3, 0.4) is 0 Å². The highest BCUT2D eigenvalue weighted by molar-refractivity contribution is 7.22. The van der Waals surface area contributed by atoms with Gasteiger partial charge in [0.2, 0.25) is 5.91 Å². The number of benzene rings is 3. The molecule has 2 unspecified atom stereocenters. The first-order chi connectivity index (χ1) is 14.3. The molecular weight excluding hydrogens is 382 g/mol. The van der Waals surface area contributed by atoms with Crippen LogP contribution in [-0.2, 0) is 9.63 Å². The Balaban J connectivity index is 1.49. The van der Waals surface area contributed by atoms with Crippen molar-refractivity contribution in [2.75, 3.05) is 5.32 Å². The lowest BCUT2D eigenvalue weighted by atomic mass is 9.88. The number of oxime groups is 1. The smallest absolute Gasteiger partial charge is 0.239 e. The molecule has 29 heavy (non-hydrogen) atoms. The Kier molecular flexibility index (Phi) is 4.54. The first kappa shape index (κ1) is 17.6. The van der Waals surface area contributed by atoms with E-state index in [9.17, 15) is 4.79 Å². The molecule has 0 saturated carbocycles. The summed E-state index contributed by atoms with van der Waals surface area (Å²) < 4.78 is 1.03. The fraction of sp³-hybridized carbons (Fsp3) is 0.0870. The number of para-hydroxylation sites is 1. The largest absolute Gasteiger partial charge is 0.386 e. The van der Waals surface area contributed by atoms with Gasteiger partial charge in [0.05, 0.1) is 10.2 Å². The molecule has 0 radical (unpaired) electrons. The molecule has 1 aliphatic rings. The number of anilines is 1. The van der Waals surface area contributed by atoms with E-state index < -0.39 is 12.0 Å². The van der Waals surface area contributed by atoms with Crippen LogP contribution in [0.1, 0.15) is 17.2 Å². The number of nitrogens with one attached hydrogen (secondary N) is 1.